The van der Waals surface area contributed by atoms with Gasteiger partial charge in [-0.2, -0.15) is 0 Å². The fraction of sp³-hybridized carbons (Fsp3) is 0.688. The van der Waals surface area contributed by atoms with Gasteiger partial charge in [0.1, 0.15) is 10.9 Å². The van der Waals surface area contributed by atoms with Crippen molar-refractivity contribution in [2.45, 2.75) is 107 Å². The van der Waals surface area contributed by atoms with Crippen molar-refractivity contribution in [2.24, 2.45) is 0 Å². The van der Waals surface area contributed by atoms with Gasteiger partial charge in [0.2, 0.25) is 0 Å². The number of carboxylic acids is 4. The lowest BCUT2D eigenvalue weighted by Gasteiger charge is -2.30. The topological polar surface area (TPSA) is 156 Å². The second-order valence-corrected chi connectivity index (χ2v) is 12.6. The molecule has 0 aromatic heterocycles. The van der Waals surface area contributed by atoms with E-state index in [-0.39, 0.29) is 17.9 Å². The maximum absolute atomic E-state index is 12.2. The lowest BCUT2D eigenvalue weighted by Crippen LogP contribution is -2.44. The molecule has 0 bridgehead atoms. The highest BCUT2D eigenvalue weighted by atomic mass is 35.5. The average Bonchev–Trinajstić information content (AvgIpc) is 2.93. The first kappa shape index (κ1) is 39.6. The van der Waals surface area contributed by atoms with Gasteiger partial charge in [-0.3, -0.25) is 29.0 Å². The molecule has 10 nitrogen and oxygen atoms in total. The third-order valence-electron chi connectivity index (χ3n) is 7.54. The molecule has 0 aliphatic heterocycles. The summed E-state index contributed by atoms with van der Waals surface area (Å²) in [7, 11) is 0. The zero-order chi connectivity index (χ0) is 32.7. The van der Waals surface area contributed by atoms with Crippen molar-refractivity contribution < 1.29 is 39.6 Å². The van der Waals surface area contributed by atoms with Gasteiger partial charge in [0, 0.05) is 13.1 Å². The van der Waals surface area contributed by atoms with Crippen LogP contribution in [0, 0.1) is 0 Å². The summed E-state index contributed by atoms with van der Waals surface area (Å²) >= 11 is 11.5. The molecule has 12 heteroatoms. The summed E-state index contributed by atoms with van der Waals surface area (Å²) < 4.78 is 0. The Balaban J connectivity index is 2.43. The summed E-state index contributed by atoms with van der Waals surface area (Å²) in [5.74, 6) is -4.96. The van der Waals surface area contributed by atoms with E-state index in [1.165, 1.54) is 69.1 Å². The Bertz CT molecular complexity index is 962. The number of hydrogen-bond acceptors (Lipinski definition) is 6. The molecule has 0 saturated heterocycles. The molecule has 1 rings (SSSR count). The molecule has 0 spiro atoms. The third-order valence-corrected chi connectivity index (χ3v) is 7.98. The molecule has 1 aromatic rings. The van der Waals surface area contributed by atoms with Gasteiger partial charge in [-0.15, -0.1) is 23.2 Å². The normalized spacial score (nSPS) is 12.2. The first-order valence-electron chi connectivity index (χ1n) is 15.7. The SMILES string of the molecule is O=C(O)CN(CCN(CC(=O)O)C(C(=O)O)c1ccc(CCCCCCCCCCCCCCCC(Cl)Cl)cc1)CC(=O)O. The van der Waals surface area contributed by atoms with E-state index in [9.17, 15) is 29.4 Å². The van der Waals surface area contributed by atoms with Crippen LogP contribution in [0.3, 0.4) is 0 Å². The van der Waals surface area contributed by atoms with Crippen LogP contribution in [-0.4, -0.2) is 91.7 Å². The van der Waals surface area contributed by atoms with Crippen LogP contribution in [0.15, 0.2) is 24.3 Å². The molecular formula is C32H50Cl2N2O8. The number of carboxylic acid groups (broad SMARTS) is 4. The lowest BCUT2D eigenvalue weighted by atomic mass is 10.00. The van der Waals surface area contributed by atoms with Crippen LogP contribution in [0.4, 0.5) is 0 Å². The van der Waals surface area contributed by atoms with Gasteiger partial charge in [-0.25, -0.2) is 0 Å². The van der Waals surface area contributed by atoms with Crippen LogP contribution < -0.4 is 0 Å². The molecule has 250 valence electrons. The standard InChI is InChI=1S/C32H50Cl2N2O8/c33-27(34)15-13-11-9-7-5-3-1-2-4-6-8-10-12-14-25-16-18-26(19-17-25)31(32(43)44)36(24-30(41)42)21-20-35(22-28(37)38)23-29(39)40/h16-19,27,31H,1-15,20-24H2,(H,37,38)(H,39,40)(H,41,42)(H,43,44). The maximum atomic E-state index is 12.2. The van der Waals surface area contributed by atoms with E-state index in [4.69, 9.17) is 33.4 Å². The summed E-state index contributed by atoms with van der Waals surface area (Å²) in [4.78, 5) is 48.0. The minimum Gasteiger partial charge on any atom is -0.480 e. The summed E-state index contributed by atoms with van der Waals surface area (Å²) in [5, 5.41) is 37.4. The number of aryl methyl sites for hydroxylation is 1. The molecule has 0 radical (unpaired) electrons. The van der Waals surface area contributed by atoms with Crippen molar-refractivity contribution in [1.82, 2.24) is 9.80 Å². The summed E-state index contributed by atoms with van der Waals surface area (Å²) in [6.45, 7) is -1.99. The molecule has 0 amide bonds. The van der Waals surface area contributed by atoms with Crippen molar-refractivity contribution in [2.75, 3.05) is 32.7 Å². The molecule has 0 saturated carbocycles. The minimum absolute atomic E-state index is 0.125. The van der Waals surface area contributed by atoms with Crippen molar-refractivity contribution in [3.8, 4) is 0 Å². The number of rotatable bonds is 28. The van der Waals surface area contributed by atoms with Gasteiger partial charge >= 0.3 is 23.9 Å². The summed E-state index contributed by atoms with van der Waals surface area (Å²) in [5.41, 5.74) is 1.48. The molecule has 0 aliphatic rings. The van der Waals surface area contributed by atoms with Gasteiger partial charge in [0.25, 0.3) is 0 Å². The van der Waals surface area contributed by atoms with Crippen LogP contribution in [0.2, 0.25) is 0 Å². The van der Waals surface area contributed by atoms with E-state index in [0.29, 0.717) is 5.56 Å². The monoisotopic (exact) mass is 660 g/mol. The molecule has 1 aromatic carbocycles. The second-order valence-electron chi connectivity index (χ2n) is 11.4. The van der Waals surface area contributed by atoms with Gasteiger partial charge in [0.05, 0.1) is 19.6 Å². The number of nitrogens with zero attached hydrogens (tertiary/aromatic N) is 2. The number of alkyl halides is 2. The highest BCUT2D eigenvalue weighted by Gasteiger charge is 2.29. The van der Waals surface area contributed by atoms with Gasteiger partial charge < -0.3 is 20.4 Å². The minimum atomic E-state index is -1.28. The first-order chi connectivity index (χ1) is 21.0. The largest absolute Gasteiger partial charge is 0.480 e. The summed E-state index contributed by atoms with van der Waals surface area (Å²) in [6, 6.07) is 5.81. The Morgan fingerprint density at radius 3 is 1.43 bits per heavy atom. The van der Waals surface area contributed by atoms with E-state index in [1.54, 1.807) is 12.1 Å². The number of halogens is 2. The van der Waals surface area contributed by atoms with E-state index < -0.39 is 49.6 Å². The Morgan fingerprint density at radius 1 is 0.591 bits per heavy atom. The molecule has 1 atom stereocenters. The fourth-order valence-corrected chi connectivity index (χ4v) is 5.60. The Morgan fingerprint density at radius 2 is 1.02 bits per heavy atom. The molecule has 4 N–H and O–H groups in total. The van der Waals surface area contributed by atoms with Crippen molar-refractivity contribution in [1.29, 1.82) is 0 Å². The molecule has 0 fully saturated rings. The molecule has 0 heterocycles. The Labute approximate surface area is 271 Å². The number of benzene rings is 1. The van der Waals surface area contributed by atoms with Gasteiger partial charge in [0.15, 0.2) is 0 Å². The van der Waals surface area contributed by atoms with E-state index >= 15 is 0 Å². The predicted molar refractivity (Wildman–Crippen MR) is 172 cm³/mol. The van der Waals surface area contributed by atoms with E-state index in [2.05, 4.69) is 0 Å². The van der Waals surface area contributed by atoms with Gasteiger partial charge in [-0.05, 0) is 30.4 Å². The average molecular weight is 662 g/mol. The maximum Gasteiger partial charge on any atom is 0.325 e. The number of unbranched alkanes of at least 4 members (excludes halogenated alkanes) is 12. The van der Waals surface area contributed by atoms with E-state index in [1.807, 2.05) is 12.1 Å². The molecule has 1 unspecified atom stereocenters. The van der Waals surface area contributed by atoms with Crippen molar-refractivity contribution in [3.05, 3.63) is 35.4 Å². The van der Waals surface area contributed by atoms with Crippen LogP contribution >= 0.6 is 23.2 Å². The van der Waals surface area contributed by atoms with Crippen LogP contribution in [0.25, 0.3) is 0 Å². The van der Waals surface area contributed by atoms with Crippen molar-refractivity contribution >= 4 is 47.1 Å². The van der Waals surface area contributed by atoms with Crippen molar-refractivity contribution in [3.63, 3.8) is 0 Å². The van der Waals surface area contributed by atoms with Crippen LogP contribution in [0.1, 0.15) is 107 Å². The smallest absolute Gasteiger partial charge is 0.325 e. The molecular weight excluding hydrogens is 611 g/mol. The number of aliphatic carboxylic acids is 4. The summed E-state index contributed by atoms with van der Waals surface area (Å²) in [6.07, 6.45) is 17.6. The van der Waals surface area contributed by atoms with Crippen LogP contribution in [0.5, 0.6) is 0 Å². The fourth-order valence-electron chi connectivity index (χ4n) is 5.29. The number of hydrogen-bond donors (Lipinski definition) is 4. The predicted octanol–water partition coefficient (Wildman–Crippen LogP) is 6.48. The Hall–Kier alpha value is -2.40. The first-order valence-corrected chi connectivity index (χ1v) is 16.6. The second kappa shape index (κ2) is 23.9. The highest BCUT2D eigenvalue weighted by Crippen LogP contribution is 2.23. The zero-order valence-electron chi connectivity index (χ0n) is 25.7. The molecule has 44 heavy (non-hydrogen) atoms. The Kier molecular flexibility index (Phi) is 21.5. The van der Waals surface area contributed by atoms with Crippen LogP contribution in [-0.2, 0) is 25.6 Å². The zero-order valence-corrected chi connectivity index (χ0v) is 27.2. The number of carbonyl (C=O) groups is 4. The highest BCUT2D eigenvalue weighted by molar-refractivity contribution is 6.44. The quantitative estimate of drug-likeness (QED) is 0.0579. The lowest BCUT2D eigenvalue weighted by molar-refractivity contribution is -0.148. The third kappa shape index (κ3) is 19.8. The van der Waals surface area contributed by atoms with Gasteiger partial charge in [-0.1, -0.05) is 101 Å². The molecule has 0 aliphatic carbocycles. The van der Waals surface area contributed by atoms with E-state index in [0.717, 1.165) is 42.6 Å².